The lowest BCUT2D eigenvalue weighted by Crippen LogP contribution is -2.04. The lowest BCUT2D eigenvalue weighted by atomic mass is 10.2. The number of rotatable bonds is 7. The first kappa shape index (κ1) is 19.5. The van der Waals surface area contributed by atoms with E-state index in [9.17, 15) is 4.39 Å². The van der Waals surface area contributed by atoms with E-state index in [4.69, 9.17) is 21.3 Å². The fraction of sp³-hybridized carbons (Fsp3) is 0.208. The Morgan fingerprint density at radius 3 is 2.59 bits per heavy atom. The largest absolute Gasteiger partial charge is 0.494 e. The second-order valence-corrected chi connectivity index (χ2v) is 7.46. The maximum Gasteiger partial charge on any atom is 0.141 e. The van der Waals surface area contributed by atoms with E-state index in [0.717, 1.165) is 58.1 Å². The Bertz CT molecular complexity index is 1120. The van der Waals surface area contributed by atoms with Crippen molar-refractivity contribution in [3.63, 3.8) is 0 Å². The highest BCUT2D eigenvalue weighted by atomic mass is 35.5. The summed E-state index contributed by atoms with van der Waals surface area (Å²) in [5.74, 6) is 1.46. The quantitative estimate of drug-likeness (QED) is 0.319. The second kappa shape index (κ2) is 8.66. The molecule has 1 heterocycles. The van der Waals surface area contributed by atoms with Crippen LogP contribution in [0.1, 0.15) is 18.4 Å². The van der Waals surface area contributed by atoms with Crippen molar-refractivity contribution in [2.45, 2.75) is 26.3 Å². The SMILES string of the molecule is Cc1cc(OCCCCn2c(-c3ccc(F)cc3)nc3ccccc32)ccc1Cl. The van der Waals surface area contributed by atoms with E-state index in [1.807, 2.05) is 43.3 Å². The van der Waals surface area contributed by atoms with Gasteiger partial charge in [-0.1, -0.05) is 23.7 Å². The number of aryl methyl sites for hydroxylation is 2. The van der Waals surface area contributed by atoms with Crippen molar-refractivity contribution in [2.24, 2.45) is 0 Å². The van der Waals surface area contributed by atoms with Crippen LogP contribution in [-0.2, 0) is 6.54 Å². The third kappa shape index (κ3) is 4.43. The van der Waals surface area contributed by atoms with E-state index in [1.165, 1.54) is 12.1 Å². The molecule has 1 aromatic heterocycles. The van der Waals surface area contributed by atoms with Crippen molar-refractivity contribution >= 4 is 22.6 Å². The van der Waals surface area contributed by atoms with E-state index in [2.05, 4.69) is 10.6 Å². The summed E-state index contributed by atoms with van der Waals surface area (Å²) >= 11 is 6.06. The summed E-state index contributed by atoms with van der Waals surface area (Å²) < 4.78 is 21.4. The van der Waals surface area contributed by atoms with Crippen molar-refractivity contribution in [2.75, 3.05) is 6.61 Å². The first-order valence-electron chi connectivity index (χ1n) is 9.72. The van der Waals surface area contributed by atoms with E-state index >= 15 is 0 Å². The Balaban J connectivity index is 1.45. The number of halogens is 2. The number of imidazole rings is 1. The lowest BCUT2D eigenvalue weighted by molar-refractivity contribution is 0.303. The molecule has 0 aliphatic carbocycles. The number of hydrogen-bond donors (Lipinski definition) is 0. The average molecular weight is 409 g/mol. The van der Waals surface area contributed by atoms with Crippen LogP contribution in [0, 0.1) is 12.7 Å². The molecule has 4 aromatic rings. The molecular formula is C24H22ClFN2O. The summed E-state index contributed by atoms with van der Waals surface area (Å²) in [6, 6.07) is 20.3. The molecule has 0 atom stereocenters. The van der Waals surface area contributed by atoms with Crippen LogP contribution in [0.2, 0.25) is 5.02 Å². The van der Waals surface area contributed by atoms with Gasteiger partial charge in [0.05, 0.1) is 17.6 Å². The molecule has 0 unspecified atom stereocenters. The maximum absolute atomic E-state index is 13.3. The minimum Gasteiger partial charge on any atom is -0.494 e. The fourth-order valence-corrected chi connectivity index (χ4v) is 3.51. The monoisotopic (exact) mass is 408 g/mol. The molecule has 0 saturated carbocycles. The molecule has 0 spiro atoms. The topological polar surface area (TPSA) is 27.1 Å². The highest BCUT2D eigenvalue weighted by Crippen LogP contribution is 2.26. The minimum atomic E-state index is -0.244. The van der Waals surface area contributed by atoms with Crippen LogP contribution < -0.4 is 4.74 Å². The van der Waals surface area contributed by atoms with Crippen molar-refractivity contribution in [3.05, 3.63) is 83.1 Å². The van der Waals surface area contributed by atoms with Gasteiger partial charge in [-0.05, 0) is 79.9 Å². The Kier molecular flexibility index (Phi) is 5.81. The second-order valence-electron chi connectivity index (χ2n) is 7.05. The molecule has 0 amide bonds. The summed E-state index contributed by atoms with van der Waals surface area (Å²) in [7, 11) is 0. The van der Waals surface area contributed by atoms with Crippen LogP contribution >= 0.6 is 11.6 Å². The average Bonchev–Trinajstić information content (AvgIpc) is 3.09. The molecule has 3 aromatic carbocycles. The van der Waals surface area contributed by atoms with Crippen molar-refractivity contribution in [1.82, 2.24) is 9.55 Å². The third-order valence-corrected chi connectivity index (χ3v) is 5.36. The predicted molar refractivity (Wildman–Crippen MR) is 116 cm³/mol. The molecule has 29 heavy (non-hydrogen) atoms. The molecule has 0 saturated heterocycles. The van der Waals surface area contributed by atoms with E-state index in [-0.39, 0.29) is 5.82 Å². The van der Waals surface area contributed by atoms with Gasteiger partial charge in [-0.15, -0.1) is 0 Å². The lowest BCUT2D eigenvalue weighted by Gasteiger charge is -2.11. The molecule has 0 aliphatic rings. The highest BCUT2D eigenvalue weighted by Gasteiger charge is 2.12. The number of ether oxygens (including phenoxy) is 1. The molecule has 4 rings (SSSR count). The van der Waals surface area contributed by atoms with E-state index in [0.29, 0.717) is 6.61 Å². The molecule has 0 bridgehead atoms. The Hall–Kier alpha value is -2.85. The highest BCUT2D eigenvalue weighted by molar-refractivity contribution is 6.31. The molecule has 0 N–H and O–H groups in total. The zero-order valence-electron chi connectivity index (χ0n) is 16.2. The number of hydrogen-bond acceptors (Lipinski definition) is 2. The van der Waals surface area contributed by atoms with Gasteiger partial charge in [0.1, 0.15) is 17.4 Å². The zero-order valence-corrected chi connectivity index (χ0v) is 17.0. The molecule has 0 fully saturated rings. The Morgan fingerprint density at radius 2 is 1.79 bits per heavy atom. The minimum absolute atomic E-state index is 0.244. The van der Waals surface area contributed by atoms with Crippen LogP contribution in [-0.4, -0.2) is 16.2 Å². The van der Waals surface area contributed by atoms with Crippen LogP contribution in [0.4, 0.5) is 4.39 Å². The summed E-state index contributed by atoms with van der Waals surface area (Å²) in [5.41, 5.74) is 3.95. The van der Waals surface area contributed by atoms with Crippen LogP contribution in [0.25, 0.3) is 22.4 Å². The third-order valence-electron chi connectivity index (χ3n) is 4.93. The van der Waals surface area contributed by atoms with Gasteiger partial charge in [0.25, 0.3) is 0 Å². The van der Waals surface area contributed by atoms with E-state index < -0.39 is 0 Å². The first-order valence-corrected chi connectivity index (χ1v) is 10.1. The molecular weight excluding hydrogens is 387 g/mol. The standard InChI is InChI=1S/C24H22ClFN2O/c1-17-16-20(12-13-21(17)25)29-15-5-4-14-28-23-7-3-2-6-22(23)27-24(28)18-8-10-19(26)11-9-18/h2-3,6-13,16H,4-5,14-15H2,1H3. The number of fused-ring (bicyclic) bond motifs is 1. The van der Waals surface area contributed by atoms with Gasteiger partial charge >= 0.3 is 0 Å². The predicted octanol–water partition coefficient (Wildman–Crippen LogP) is 6.66. The van der Waals surface area contributed by atoms with E-state index in [1.54, 1.807) is 12.1 Å². The van der Waals surface area contributed by atoms with Crippen molar-refractivity contribution < 1.29 is 9.13 Å². The van der Waals surface area contributed by atoms with Crippen LogP contribution in [0.3, 0.4) is 0 Å². The Morgan fingerprint density at radius 1 is 1.00 bits per heavy atom. The summed E-state index contributed by atoms with van der Waals surface area (Å²) in [5, 5.41) is 0.748. The number of unbranched alkanes of at least 4 members (excludes halogenated alkanes) is 1. The van der Waals surface area contributed by atoms with Gasteiger partial charge in [-0.3, -0.25) is 0 Å². The van der Waals surface area contributed by atoms with Gasteiger partial charge in [0.15, 0.2) is 0 Å². The number of para-hydroxylation sites is 2. The van der Waals surface area contributed by atoms with Crippen LogP contribution in [0.5, 0.6) is 5.75 Å². The Labute approximate surface area is 174 Å². The van der Waals surface area contributed by atoms with Gasteiger partial charge in [-0.25, -0.2) is 9.37 Å². The van der Waals surface area contributed by atoms with Crippen molar-refractivity contribution in [1.29, 1.82) is 0 Å². The molecule has 3 nitrogen and oxygen atoms in total. The molecule has 0 aliphatic heterocycles. The van der Waals surface area contributed by atoms with Crippen molar-refractivity contribution in [3.8, 4) is 17.1 Å². The number of aromatic nitrogens is 2. The number of nitrogens with zero attached hydrogens (tertiary/aromatic N) is 2. The first-order chi connectivity index (χ1) is 14.1. The maximum atomic E-state index is 13.3. The fourth-order valence-electron chi connectivity index (χ4n) is 3.39. The summed E-state index contributed by atoms with van der Waals surface area (Å²) in [6.07, 6.45) is 1.86. The summed E-state index contributed by atoms with van der Waals surface area (Å²) in [4.78, 5) is 4.77. The molecule has 0 radical (unpaired) electrons. The van der Waals surface area contributed by atoms with Gasteiger partial charge < -0.3 is 9.30 Å². The van der Waals surface area contributed by atoms with Gasteiger partial charge in [0, 0.05) is 17.1 Å². The zero-order chi connectivity index (χ0) is 20.2. The summed E-state index contributed by atoms with van der Waals surface area (Å²) in [6.45, 7) is 3.42. The van der Waals surface area contributed by atoms with Crippen LogP contribution in [0.15, 0.2) is 66.7 Å². The molecule has 5 heteroatoms. The van der Waals surface area contributed by atoms with Gasteiger partial charge in [0.2, 0.25) is 0 Å². The molecule has 148 valence electrons. The smallest absolute Gasteiger partial charge is 0.141 e. The normalized spacial score (nSPS) is 11.1. The van der Waals surface area contributed by atoms with Gasteiger partial charge in [-0.2, -0.15) is 0 Å². The number of benzene rings is 3.